The molecule has 21 heavy (non-hydrogen) atoms. The molecule has 1 aliphatic rings. The minimum absolute atomic E-state index is 0.675. The molecule has 1 aliphatic heterocycles. The lowest BCUT2D eigenvalue weighted by molar-refractivity contribution is 0.606. The van der Waals surface area contributed by atoms with Crippen molar-refractivity contribution in [3.8, 4) is 0 Å². The van der Waals surface area contributed by atoms with Crippen molar-refractivity contribution >= 4 is 17.5 Å². The number of nitrogens with zero attached hydrogens (tertiary/aromatic N) is 4. The summed E-state index contributed by atoms with van der Waals surface area (Å²) in [6, 6.07) is 8.40. The van der Waals surface area contributed by atoms with Gasteiger partial charge >= 0.3 is 0 Å². The van der Waals surface area contributed by atoms with Gasteiger partial charge in [0, 0.05) is 18.8 Å². The van der Waals surface area contributed by atoms with Gasteiger partial charge in [-0.15, -0.1) is 5.10 Å². The maximum absolute atomic E-state index is 4.59. The van der Waals surface area contributed by atoms with Crippen molar-refractivity contribution in [1.29, 1.82) is 0 Å². The summed E-state index contributed by atoms with van der Waals surface area (Å²) in [5.74, 6) is 2.15. The van der Waals surface area contributed by atoms with Crippen LogP contribution in [0, 0.1) is 5.92 Å². The highest BCUT2D eigenvalue weighted by Crippen LogP contribution is 2.32. The van der Waals surface area contributed by atoms with E-state index in [0.29, 0.717) is 11.9 Å². The Morgan fingerprint density at radius 1 is 1.29 bits per heavy atom. The molecule has 0 spiro atoms. The average Bonchev–Trinajstić information content (AvgIpc) is 2.91. The lowest BCUT2D eigenvalue weighted by Gasteiger charge is -2.17. The molecule has 0 unspecified atom stereocenters. The molecule has 110 valence electrons. The van der Waals surface area contributed by atoms with Crippen LogP contribution in [0.2, 0.25) is 0 Å². The molecule has 2 heterocycles. The van der Waals surface area contributed by atoms with E-state index in [2.05, 4.69) is 63.5 Å². The Balaban J connectivity index is 1.75. The van der Waals surface area contributed by atoms with Gasteiger partial charge in [-0.25, -0.2) is 0 Å². The summed E-state index contributed by atoms with van der Waals surface area (Å²) in [6.45, 7) is 6.25. The second kappa shape index (κ2) is 6.08. The molecular weight excluding hydrogens is 262 g/mol. The van der Waals surface area contributed by atoms with Crippen molar-refractivity contribution in [2.45, 2.75) is 26.7 Å². The molecule has 0 amide bonds. The molecule has 1 aromatic carbocycles. The molecule has 0 bridgehead atoms. The zero-order valence-electron chi connectivity index (χ0n) is 12.6. The van der Waals surface area contributed by atoms with E-state index in [1.807, 2.05) is 0 Å². The molecule has 3 rings (SSSR count). The van der Waals surface area contributed by atoms with Crippen LogP contribution in [-0.4, -0.2) is 28.3 Å². The Morgan fingerprint density at radius 2 is 2.14 bits per heavy atom. The van der Waals surface area contributed by atoms with Crippen LogP contribution in [0.25, 0.3) is 0 Å². The van der Waals surface area contributed by atoms with E-state index in [1.54, 1.807) is 6.20 Å². The van der Waals surface area contributed by atoms with Gasteiger partial charge in [0.25, 0.3) is 5.95 Å². The third kappa shape index (κ3) is 3.12. The SMILES string of the molecule is CC(C)CCNc1cnnc(N2CCc3ccccc32)n1. The van der Waals surface area contributed by atoms with E-state index in [0.717, 1.165) is 31.7 Å². The van der Waals surface area contributed by atoms with Gasteiger partial charge in [0.2, 0.25) is 0 Å². The van der Waals surface area contributed by atoms with Gasteiger partial charge in [-0.05, 0) is 30.4 Å². The van der Waals surface area contributed by atoms with Gasteiger partial charge in [0.15, 0.2) is 5.82 Å². The monoisotopic (exact) mass is 283 g/mol. The van der Waals surface area contributed by atoms with Gasteiger partial charge < -0.3 is 10.2 Å². The van der Waals surface area contributed by atoms with Crippen molar-refractivity contribution in [2.75, 3.05) is 23.3 Å². The second-order valence-corrected chi connectivity index (χ2v) is 5.78. The molecule has 0 saturated heterocycles. The summed E-state index contributed by atoms with van der Waals surface area (Å²) >= 11 is 0. The molecule has 0 saturated carbocycles. The van der Waals surface area contributed by atoms with E-state index < -0.39 is 0 Å². The predicted octanol–water partition coefficient (Wildman–Crippen LogP) is 3.02. The summed E-state index contributed by atoms with van der Waals surface area (Å²) in [5, 5.41) is 11.6. The van der Waals surface area contributed by atoms with Gasteiger partial charge in [0.1, 0.15) is 0 Å². The third-order valence-corrected chi connectivity index (χ3v) is 3.70. The summed E-state index contributed by atoms with van der Waals surface area (Å²) in [4.78, 5) is 6.73. The van der Waals surface area contributed by atoms with Crippen molar-refractivity contribution in [2.24, 2.45) is 5.92 Å². The highest BCUT2D eigenvalue weighted by Gasteiger charge is 2.22. The number of benzene rings is 1. The van der Waals surface area contributed by atoms with Crippen LogP contribution in [0.4, 0.5) is 17.5 Å². The van der Waals surface area contributed by atoms with Crippen LogP contribution in [-0.2, 0) is 6.42 Å². The number of hydrogen-bond acceptors (Lipinski definition) is 5. The quantitative estimate of drug-likeness (QED) is 0.914. The van der Waals surface area contributed by atoms with E-state index in [-0.39, 0.29) is 0 Å². The van der Waals surface area contributed by atoms with Gasteiger partial charge in [0.05, 0.1) is 6.20 Å². The summed E-state index contributed by atoms with van der Waals surface area (Å²) < 4.78 is 0. The van der Waals surface area contributed by atoms with Crippen molar-refractivity contribution in [3.05, 3.63) is 36.0 Å². The first kappa shape index (κ1) is 13.8. The standard InChI is InChI=1S/C16H21N5/c1-12(2)7-9-17-15-11-18-20-16(19-15)21-10-8-13-5-3-4-6-14(13)21/h3-6,11-12H,7-10H2,1-2H3,(H,17,19,20). The highest BCUT2D eigenvalue weighted by atomic mass is 15.3. The number of fused-ring (bicyclic) bond motifs is 1. The molecule has 0 radical (unpaired) electrons. The Hall–Kier alpha value is -2.17. The summed E-state index contributed by atoms with van der Waals surface area (Å²) in [7, 11) is 0. The fourth-order valence-electron chi connectivity index (χ4n) is 2.53. The van der Waals surface area contributed by atoms with E-state index in [9.17, 15) is 0 Å². The first-order chi connectivity index (χ1) is 10.2. The fraction of sp³-hybridized carbons (Fsp3) is 0.438. The lowest BCUT2D eigenvalue weighted by Crippen LogP contribution is -2.18. The van der Waals surface area contributed by atoms with Gasteiger partial charge in [-0.1, -0.05) is 32.0 Å². The molecular formula is C16H21N5. The number of anilines is 3. The van der Waals surface area contributed by atoms with Crippen LogP contribution < -0.4 is 10.2 Å². The zero-order chi connectivity index (χ0) is 14.7. The Bertz CT molecular complexity index is 611. The number of hydrogen-bond donors (Lipinski definition) is 1. The highest BCUT2D eigenvalue weighted by molar-refractivity contribution is 5.65. The fourth-order valence-corrected chi connectivity index (χ4v) is 2.53. The second-order valence-electron chi connectivity index (χ2n) is 5.78. The van der Waals surface area contributed by atoms with Crippen LogP contribution in [0.1, 0.15) is 25.8 Å². The normalized spacial score (nSPS) is 13.6. The van der Waals surface area contributed by atoms with Crippen molar-refractivity contribution < 1.29 is 0 Å². The average molecular weight is 283 g/mol. The first-order valence-corrected chi connectivity index (χ1v) is 7.53. The minimum atomic E-state index is 0.675. The number of rotatable bonds is 5. The van der Waals surface area contributed by atoms with Crippen LogP contribution in [0.3, 0.4) is 0 Å². The maximum Gasteiger partial charge on any atom is 0.251 e. The van der Waals surface area contributed by atoms with Crippen molar-refractivity contribution in [3.63, 3.8) is 0 Å². The molecule has 1 N–H and O–H groups in total. The minimum Gasteiger partial charge on any atom is -0.369 e. The van der Waals surface area contributed by atoms with Crippen molar-refractivity contribution in [1.82, 2.24) is 15.2 Å². The summed E-state index contributed by atoms with van der Waals surface area (Å²) in [6.07, 6.45) is 3.84. The Kier molecular flexibility index (Phi) is 3.99. The van der Waals surface area contributed by atoms with E-state index in [1.165, 1.54) is 11.3 Å². The number of aromatic nitrogens is 3. The smallest absolute Gasteiger partial charge is 0.251 e. The first-order valence-electron chi connectivity index (χ1n) is 7.53. The number of para-hydroxylation sites is 1. The van der Waals surface area contributed by atoms with E-state index >= 15 is 0 Å². The molecule has 1 aromatic heterocycles. The lowest BCUT2D eigenvalue weighted by atomic mass is 10.1. The third-order valence-electron chi connectivity index (χ3n) is 3.70. The Labute approximate surface area is 125 Å². The van der Waals surface area contributed by atoms with Gasteiger partial charge in [-0.3, -0.25) is 0 Å². The molecule has 5 nitrogen and oxygen atoms in total. The maximum atomic E-state index is 4.59. The molecule has 0 fully saturated rings. The van der Waals surface area contributed by atoms with E-state index in [4.69, 9.17) is 0 Å². The molecule has 2 aromatic rings. The summed E-state index contributed by atoms with van der Waals surface area (Å²) in [5.41, 5.74) is 2.54. The van der Waals surface area contributed by atoms with Crippen LogP contribution >= 0.6 is 0 Å². The van der Waals surface area contributed by atoms with Crippen LogP contribution in [0.5, 0.6) is 0 Å². The predicted molar refractivity (Wildman–Crippen MR) is 84.9 cm³/mol. The Morgan fingerprint density at radius 3 is 3.00 bits per heavy atom. The largest absolute Gasteiger partial charge is 0.369 e. The zero-order valence-corrected chi connectivity index (χ0v) is 12.6. The number of nitrogens with one attached hydrogen (secondary N) is 1. The molecule has 0 aliphatic carbocycles. The molecule has 5 heteroatoms. The molecule has 0 atom stereocenters. The van der Waals surface area contributed by atoms with Crippen LogP contribution in [0.15, 0.2) is 30.5 Å². The van der Waals surface area contributed by atoms with Gasteiger partial charge in [-0.2, -0.15) is 10.1 Å². The topological polar surface area (TPSA) is 53.9 Å².